The van der Waals surface area contributed by atoms with Crippen molar-refractivity contribution in [1.82, 2.24) is 10.6 Å². The average molecular weight is 417 g/mol. The number of halogens is 1. The maximum atomic E-state index is 6.02. The molecule has 4 nitrogen and oxygen atoms in total. The van der Waals surface area contributed by atoms with Crippen molar-refractivity contribution in [3.63, 3.8) is 0 Å². The van der Waals surface area contributed by atoms with Gasteiger partial charge in [-0.25, -0.2) is 0 Å². The molecule has 1 aliphatic heterocycles. The van der Waals surface area contributed by atoms with E-state index in [1.807, 2.05) is 13.1 Å². The summed E-state index contributed by atoms with van der Waals surface area (Å²) >= 11 is 0. The number of guanidine groups is 1. The zero-order chi connectivity index (χ0) is 15.1. The Labute approximate surface area is 151 Å². The van der Waals surface area contributed by atoms with E-state index in [4.69, 9.17) is 4.74 Å². The van der Waals surface area contributed by atoms with Crippen LogP contribution in [-0.2, 0) is 4.74 Å². The summed E-state index contributed by atoms with van der Waals surface area (Å²) in [6.07, 6.45) is 2.50. The number of aliphatic imine (C=N–C) groups is 1. The quantitative estimate of drug-likeness (QED) is 0.449. The Morgan fingerprint density at radius 2 is 2.05 bits per heavy atom. The number of nitrogens with zero attached hydrogens (tertiary/aromatic N) is 1. The SMILES string of the molecule is CN=C(NCC1CCCOC1c1ccccc1)NC(C)C.I. The third-order valence-electron chi connectivity index (χ3n) is 3.75. The van der Waals surface area contributed by atoms with Gasteiger partial charge in [-0.05, 0) is 32.3 Å². The van der Waals surface area contributed by atoms with Gasteiger partial charge in [-0.1, -0.05) is 30.3 Å². The van der Waals surface area contributed by atoms with Crippen LogP contribution in [0.3, 0.4) is 0 Å². The normalized spacial score (nSPS) is 22.1. The van der Waals surface area contributed by atoms with E-state index in [2.05, 4.69) is 53.7 Å². The van der Waals surface area contributed by atoms with Crippen molar-refractivity contribution in [2.24, 2.45) is 10.9 Å². The summed E-state index contributed by atoms with van der Waals surface area (Å²) in [4.78, 5) is 4.26. The minimum atomic E-state index is 0. The largest absolute Gasteiger partial charge is 0.373 e. The Kier molecular flexibility index (Phi) is 8.78. The maximum absolute atomic E-state index is 6.02. The van der Waals surface area contributed by atoms with E-state index in [0.717, 1.165) is 25.5 Å². The molecule has 5 heteroatoms. The van der Waals surface area contributed by atoms with Gasteiger partial charge in [-0.3, -0.25) is 4.99 Å². The lowest BCUT2D eigenvalue weighted by atomic mass is 9.89. The standard InChI is InChI=1S/C17H27N3O.HI/c1-13(2)20-17(18-3)19-12-15-10-7-11-21-16(15)14-8-5-4-6-9-14;/h4-6,8-9,13,15-16H,7,10-12H2,1-3H3,(H2,18,19,20);1H. The van der Waals surface area contributed by atoms with Gasteiger partial charge in [0.1, 0.15) is 0 Å². The molecule has 0 saturated carbocycles. The van der Waals surface area contributed by atoms with E-state index in [9.17, 15) is 0 Å². The lowest BCUT2D eigenvalue weighted by Crippen LogP contribution is -2.44. The Hall–Kier alpha value is -0.820. The number of hydrogen-bond acceptors (Lipinski definition) is 2. The molecule has 0 amide bonds. The fraction of sp³-hybridized carbons (Fsp3) is 0.588. The van der Waals surface area contributed by atoms with Gasteiger partial charge < -0.3 is 15.4 Å². The molecule has 0 radical (unpaired) electrons. The molecule has 1 aromatic rings. The van der Waals surface area contributed by atoms with Crippen LogP contribution in [0.25, 0.3) is 0 Å². The Balaban J connectivity index is 0.00000242. The molecule has 0 aliphatic carbocycles. The molecule has 2 N–H and O–H groups in total. The van der Waals surface area contributed by atoms with E-state index >= 15 is 0 Å². The first-order valence-electron chi connectivity index (χ1n) is 7.84. The first-order chi connectivity index (χ1) is 10.2. The van der Waals surface area contributed by atoms with Gasteiger partial charge in [-0.15, -0.1) is 24.0 Å². The van der Waals surface area contributed by atoms with Crippen LogP contribution in [0.2, 0.25) is 0 Å². The second-order valence-electron chi connectivity index (χ2n) is 5.86. The molecule has 1 heterocycles. The van der Waals surface area contributed by atoms with E-state index in [-0.39, 0.29) is 30.1 Å². The molecule has 0 bridgehead atoms. The van der Waals surface area contributed by atoms with Crippen LogP contribution < -0.4 is 10.6 Å². The van der Waals surface area contributed by atoms with Crippen molar-refractivity contribution in [1.29, 1.82) is 0 Å². The average Bonchev–Trinajstić information content (AvgIpc) is 2.52. The second-order valence-corrected chi connectivity index (χ2v) is 5.86. The smallest absolute Gasteiger partial charge is 0.191 e. The van der Waals surface area contributed by atoms with Crippen molar-refractivity contribution in [2.45, 2.75) is 38.8 Å². The molecule has 2 rings (SSSR count). The number of benzene rings is 1. The first kappa shape index (κ1) is 19.2. The van der Waals surface area contributed by atoms with Gasteiger partial charge in [0.05, 0.1) is 6.10 Å². The van der Waals surface area contributed by atoms with Gasteiger partial charge in [0, 0.05) is 32.2 Å². The maximum Gasteiger partial charge on any atom is 0.191 e. The monoisotopic (exact) mass is 417 g/mol. The minimum Gasteiger partial charge on any atom is -0.373 e. The van der Waals surface area contributed by atoms with Crippen LogP contribution in [0.15, 0.2) is 35.3 Å². The van der Waals surface area contributed by atoms with Crippen molar-refractivity contribution in [2.75, 3.05) is 20.2 Å². The summed E-state index contributed by atoms with van der Waals surface area (Å²) in [5.41, 5.74) is 1.27. The van der Waals surface area contributed by atoms with Crippen LogP contribution in [-0.4, -0.2) is 32.2 Å². The highest BCUT2D eigenvalue weighted by Gasteiger charge is 2.27. The summed E-state index contributed by atoms with van der Waals surface area (Å²) in [5.74, 6) is 1.34. The first-order valence-corrected chi connectivity index (χ1v) is 7.84. The summed E-state index contributed by atoms with van der Waals surface area (Å²) in [5, 5.41) is 6.75. The molecule has 1 aromatic carbocycles. The van der Waals surface area contributed by atoms with Crippen molar-refractivity contribution in [3.8, 4) is 0 Å². The van der Waals surface area contributed by atoms with Crippen LogP contribution in [0, 0.1) is 5.92 Å². The predicted octanol–water partition coefficient (Wildman–Crippen LogP) is 3.35. The highest BCUT2D eigenvalue weighted by molar-refractivity contribution is 14.0. The molecule has 22 heavy (non-hydrogen) atoms. The van der Waals surface area contributed by atoms with Crippen molar-refractivity contribution in [3.05, 3.63) is 35.9 Å². The van der Waals surface area contributed by atoms with Crippen molar-refractivity contribution >= 4 is 29.9 Å². The predicted molar refractivity (Wildman–Crippen MR) is 103 cm³/mol. The molecular weight excluding hydrogens is 389 g/mol. The molecule has 124 valence electrons. The van der Waals surface area contributed by atoms with Gasteiger partial charge in [0.2, 0.25) is 0 Å². The van der Waals surface area contributed by atoms with Crippen LogP contribution in [0.1, 0.15) is 38.4 Å². The number of nitrogens with one attached hydrogen (secondary N) is 2. The molecule has 1 saturated heterocycles. The van der Waals surface area contributed by atoms with E-state index in [0.29, 0.717) is 12.0 Å². The summed E-state index contributed by atoms with van der Waals surface area (Å²) in [7, 11) is 1.81. The van der Waals surface area contributed by atoms with Crippen LogP contribution in [0.5, 0.6) is 0 Å². The number of hydrogen-bond donors (Lipinski definition) is 2. The molecular formula is C17H28IN3O. The third kappa shape index (κ3) is 5.76. The summed E-state index contributed by atoms with van der Waals surface area (Å²) < 4.78 is 6.02. The van der Waals surface area contributed by atoms with E-state index < -0.39 is 0 Å². The molecule has 2 unspecified atom stereocenters. The van der Waals surface area contributed by atoms with Gasteiger partial charge in [0.25, 0.3) is 0 Å². The highest BCUT2D eigenvalue weighted by Crippen LogP contribution is 2.32. The Bertz CT molecular complexity index is 450. The molecule has 1 fully saturated rings. The lowest BCUT2D eigenvalue weighted by Gasteiger charge is -2.32. The Morgan fingerprint density at radius 3 is 2.68 bits per heavy atom. The fourth-order valence-electron chi connectivity index (χ4n) is 2.76. The van der Waals surface area contributed by atoms with Gasteiger partial charge in [-0.2, -0.15) is 0 Å². The van der Waals surface area contributed by atoms with E-state index in [1.165, 1.54) is 12.0 Å². The van der Waals surface area contributed by atoms with Crippen molar-refractivity contribution < 1.29 is 4.74 Å². The molecule has 2 atom stereocenters. The topological polar surface area (TPSA) is 45.7 Å². The summed E-state index contributed by atoms with van der Waals surface area (Å²) in [6.45, 7) is 5.97. The van der Waals surface area contributed by atoms with Gasteiger partial charge >= 0.3 is 0 Å². The zero-order valence-electron chi connectivity index (χ0n) is 13.7. The van der Waals surface area contributed by atoms with E-state index in [1.54, 1.807) is 0 Å². The highest BCUT2D eigenvalue weighted by atomic mass is 127. The third-order valence-corrected chi connectivity index (χ3v) is 3.75. The molecule has 0 aromatic heterocycles. The van der Waals surface area contributed by atoms with Crippen LogP contribution >= 0.6 is 24.0 Å². The summed E-state index contributed by atoms with van der Waals surface area (Å²) in [6, 6.07) is 10.9. The molecule has 0 spiro atoms. The minimum absolute atomic E-state index is 0. The zero-order valence-corrected chi connectivity index (χ0v) is 16.0. The fourth-order valence-corrected chi connectivity index (χ4v) is 2.76. The molecule has 1 aliphatic rings. The number of rotatable bonds is 4. The second kappa shape index (κ2) is 10.0. The lowest BCUT2D eigenvalue weighted by molar-refractivity contribution is -0.0265. The van der Waals surface area contributed by atoms with Crippen LogP contribution in [0.4, 0.5) is 0 Å². The van der Waals surface area contributed by atoms with Gasteiger partial charge in [0.15, 0.2) is 5.96 Å². The Morgan fingerprint density at radius 1 is 1.32 bits per heavy atom. The number of ether oxygens (including phenoxy) is 1.